The summed E-state index contributed by atoms with van der Waals surface area (Å²) in [5.41, 5.74) is 2.51. The lowest BCUT2D eigenvalue weighted by molar-refractivity contribution is 0.321. The van der Waals surface area contributed by atoms with Gasteiger partial charge >= 0.3 is 0 Å². The largest absolute Gasteiger partial charge is 0.411 e. The molecule has 0 spiro atoms. The summed E-state index contributed by atoms with van der Waals surface area (Å²) >= 11 is 0. The Hall–Kier alpha value is -1.84. The Balaban J connectivity index is 2.73. The quantitative estimate of drug-likeness (QED) is 0.405. The zero-order chi connectivity index (χ0) is 9.26. The summed E-state index contributed by atoms with van der Waals surface area (Å²) < 4.78 is 1.94. The number of imidazole rings is 1. The summed E-state index contributed by atoms with van der Waals surface area (Å²) in [6, 6.07) is 5.75. The van der Waals surface area contributed by atoms with Crippen LogP contribution in [-0.2, 0) is 0 Å². The number of fused-ring (bicyclic) bond motifs is 1. The minimum Gasteiger partial charge on any atom is -0.411 e. The van der Waals surface area contributed by atoms with Crippen LogP contribution in [0, 0.1) is 6.92 Å². The van der Waals surface area contributed by atoms with Crippen molar-refractivity contribution in [2.45, 2.75) is 6.92 Å². The van der Waals surface area contributed by atoms with Gasteiger partial charge in [-0.2, -0.15) is 0 Å². The number of pyridine rings is 1. The maximum atomic E-state index is 8.39. The zero-order valence-corrected chi connectivity index (χ0v) is 7.18. The van der Waals surface area contributed by atoms with Gasteiger partial charge in [0.2, 0.25) is 0 Å². The first-order chi connectivity index (χ1) is 6.33. The van der Waals surface area contributed by atoms with Gasteiger partial charge in [-0.25, -0.2) is 4.98 Å². The molecule has 4 heteroatoms. The third-order valence-electron chi connectivity index (χ3n) is 1.99. The van der Waals surface area contributed by atoms with Crippen molar-refractivity contribution in [1.82, 2.24) is 9.38 Å². The molecule has 0 saturated carbocycles. The molecule has 0 aliphatic rings. The lowest BCUT2D eigenvalue weighted by Gasteiger charge is -1.92. The molecule has 0 amide bonds. The third-order valence-corrected chi connectivity index (χ3v) is 1.99. The second-order valence-corrected chi connectivity index (χ2v) is 2.76. The van der Waals surface area contributed by atoms with Crippen molar-refractivity contribution >= 4 is 11.9 Å². The molecular weight excluding hydrogens is 166 g/mol. The molecule has 0 atom stereocenters. The fourth-order valence-corrected chi connectivity index (χ4v) is 1.31. The Morgan fingerprint density at radius 3 is 3.08 bits per heavy atom. The Bertz CT molecular complexity index is 459. The van der Waals surface area contributed by atoms with Gasteiger partial charge in [0.25, 0.3) is 0 Å². The highest BCUT2D eigenvalue weighted by Gasteiger charge is 2.04. The monoisotopic (exact) mass is 175 g/mol. The molecule has 66 valence electrons. The second kappa shape index (κ2) is 2.90. The highest BCUT2D eigenvalue weighted by molar-refractivity contribution is 5.79. The van der Waals surface area contributed by atoms with Gasteiger partial charge in [0.15, 0.2) is 0 Å². The smallest absolute Gasteiger partial charge is 0.137 e. The van der Waals surface area contributed by atoms with Gasteiger partial charge in [0.05, 0.1) is 6.21 Å². The molecular formula is C9H9N3O. The van der Waals surface area contributed by atoms with E-state index in [-0.39, 0.29) is 0 Å². The molecule has 0 aliphatic carbocycles. The molecule has 4 nitrogen and oxygen atoms in total. The number of aryl methyl sites for hydroxylation is 1. The molecule has 2 rings (SSSR count). The first-order valence-corrected chi connectivity index (χ1v) is 3.94. The minimum absolute atomic E-state index is 0.689. The van der Waals surface area contributed by atoms with E-state index in [0.29, 0.717) is 5.69 Å². The van der Waals surface area contributed by atoms with Gasteiger partial charge in [-0.3, -0.25) is 0 Å². The fourth-order valence-electron chi connectivity index (χ4n) is 1.31. The van der Waals surface area contributed by atoms with Crippen LogP contribution in [0.15, 0.2) is 29.6 Å². The lowest BCUT2D eigenvalue weighted by Crippen LogP contribution is -1.87. The summed E-state index contributed by atoms with van der Waals surface area (Å²) in [7, 11) is 0. The average molecular weight is 175 g/mol. The van der Waals surface area contributed by atoms with E-state index in [9.17, 15) is 0 Å². The van der Waals surface area contributed by atoms with Crippen LogP contribution in [0.3, 0.4) is 0 Å². The van der Waals surface area contributed by atoms with Crippen molar-refractivity contribution in [1.29, 1.82) is 0 Å². The van der Waals surface area contributed by atoms with Crippen molar-refractivity contribution in [3.8, 4) is 0 Å². The summed E-state index contributed by atoms with van der Waals surface area (Å²) in [5, 5.41) is 11.4. The average Bonchev–Trinajstić information content (AvgIpc) is 2.46. The molecule has 13 heavy (non-hydrogen) atoms. The predicted octanol–water partition coefficient (Wildman–Crippen LogP) is 1.45. The van der Waals surface area contributed by atoms with Crippen LogP contribution >= 0.6 is 0 Å². The van der Waals surface area contributed by atoms with Crippen LogP contribution in [0.2, 0.25) is 0 Å². The number of aromatic nitrogens is 2. The summed E-state index contributed by atoms with van der Waals surface area (Å²) in [6.07, 6.45) is 3.26. The number of rotatable bonds is 1. The summed E-state index contributed by atoms with van der Waals surface area (Å²) in [6.45, 7) is 1.93. The van der Waals surface area contributed by atoms with Crippen LogP contribution < -0.4 is 0 Å². The second-order valence-electron chi connectivity index (χ2n) is 2.76. The van der Waals surface area contributed by atoms with Crippen molar-refractivity contribution in [3.63, 3.8) is 0 Å². The van der Waals surface area contributed by atoms with Gasteiger partial charge in [-0.05, 0) is 19.1 Å². The Morgan fingerprint density at radius 2 is 2.38 bits per heavy atom. The van der Waals surface area contributed by atoms with Crippen LogP contribution in [-0.4, -0.2) is 20.8 Å². The van der Waals surface area contributed by atoms with Gasteiger partial charge < -0.3 is 9.61 Å². The SMILES string of the molecule is Cc1c(/C=N/O)nc2ccccn12. The normalized spacial score (nSPS) is 11.5. The van der Waals surface area contributed by atoms with Crippen LogP contribution in [0.1, 0.15) is 11.4 Å². The Morgan fingerprint density at radius 1 is 1.54 bits per heavy atom. The summed E-state index contributed by atoms with van der Waals surface area (Å²) in [4.78, 5) is 4.26. The molecule has 0 fully saturated rings. The van der Waals surface area contributed by atoms with Crippen LogP contribution in [0.4, 0.5) is 0 Å². The van der Waals surface area contributed by atoms with E-state index in [1.807, 2.05) is 35.7 Å². The molecule has 2 heterocycles. The Labute approximate surface area is 75.1 Å². The topological polar surface area (TPSA) is 49.9 Å². The molecule has 1 N–H and O–H groups in total. The lowest BCUT2D eigenvalue weighted by atomic mass is 10.4. The van der Waals surface area contributed by atoms with Gasteiger partial charge in [-0.15, -0.1) is 0 Å². The maximum Gasteiger partial charge on any atom is 0.137 e. The van der Waals surface area contributed by atoms with E-state index < -0.39 is 0 Å². The number of oxime groups is 1. The molecule has 0 aliphatic heterocycles. The first-order valence-electron chi connectivity index (χ1n) is 3.94. The zero-order valence-electron chi connectivity index (χ0n) is 7.18. The standard InChI is InChI=1S/C9H9N3O/c1-7-8(6-10-13)11-9-4-2-3-5-12(7)9/h2-6,13H,1H3/b10-6+. The number of hydrogen-bond donors (Lipinski definition) is 1. The first kappa shape index (κ1) is 7.79. The van der Waals surface area contributed by atoms with Crippen molar-refractivity contribution in [2.75, 3.05) is 0 Å². The minimum atomic E-state index is 0.689. The van der Waals surface area contributed by atoms with Gasteiger partial charge in [0, 0.05) is 11.9 Å². The Kier molecular flexibility index (Phi) is 1.73. The molecule has 0 radical (unpaired) electrons. The van der Waals surface area contributed by atoms with Crippen molar-refractivity contribution < 1.29 is 5.21 Å². The van der Waals surface area contributed by atoms with E-state index in [1.54, 1.807) is 0 Å². The van der Waals surface area contributed by atoms with E-state index >= 15 is 0 Å². The molecule has 0 bridgehead atoms. The predicted molar refractivity (Wildman–Crippen MR) is 49.3 cm³/mol. The van der Waals surface area contributed by atoms with Gasteiger partial charge in [0.1, 0.15) is 11.3 Å². The maximum absolute atomic E-state index is 8.39. The third kappa shape index (κ3) is 1.16. The van der Waals surface area contributed by atoms with E-state index in [4.69, 9.17) is 5.21 Å². The molecule has 0 aromatic carbocycles. The summed E-state index contributed by atoms with van der Waals surface area (Å²) in [5.74, 6) is 0. The van der Waals surface area contributed by atoms with Gasteiger partial charge in [-0.1, -0.05) is 11.2 Å². The molecule has 0 saturated heterocycles. The van der Waals surface area contributed by atoms with Crippen LogP contribution in [0.5, 0.6) is 0 Å². The van der Waals surface area contributed by atoms with E-state index in [1.165, 1.54) is 6.21 Å². The fraction of sp³-hybridized carbons (Fsp3) is 0.111. The van der Waals surface area contributed by atoms with Crippen LogP contribution in [0.25, 0.3) is 5.65 Å². The number of hydrogen-bond acceptors (Lipinski definition) is 3. The van der Waals surface area contributed by atoms with Crippen molar-refractivity contribution in [3.05, 3.63) is 35.8 Å². The van der Waals surface area contributed by atoms with E-state index in [2.05, 4.69) is 10.1 Å². The highest BCUT2D eigenvalue weighted by Crippen LogP contribution is 2.08. The van der Waals surface area contributed by atoms with E-state index in [0.717, 1.165) is 11.3 Å². The number of nitrogens with zero attached hydrogens (tertiary/aromatic N) is 3. The highest BCUT2D eigenvalue weighted by atomic mass is 16.4. The molecule has 2 aromatic heterocycles. The molecule has 2 aromatic rings. The van der Waals surface area contributed by atoms with Crippen molar-refractivity contribution in [2.24, 2.45) is 5.16 Å². The molecule has 0 unspecified atom stereocenters.